The summed E-state index contributed by atoms with van der Waals surface area (Å²) in [7, 11) is -2.35. The molecule has 0 atom stereocenters. The minimum absolute atomic E-state index is 0.0686. The molecule has 0 radical (unpaired) electrons. The smallest absolute Gasteiger partial charge is 0.330 e. The van der Waals surface area contributed by atoms with Crippen molar-refractivity contribution in [1.82, 2.24) is 9.21 Å². The maximum absolute atomic E-state index is 13.3. The number of sulfonamides is 1. The molecule has 0 bridgehead atoms. The van der Waals surface area contributed by atoms with Gasteiger partial charge in [-0.2, -0.15) is 4.31 Å². The monoisotopic (exact) mass is 476 g/mol. The highest BCUT2D eigenvalue weighted by atomic mass is 32.2. The van der Waals surface area contributed by atoms with Crippen molar-refractivity contribution in [2.45, 2.75) is 10.9 Å². The van der Waals surface area contributed by atoms with Gasteiger partial charge >= 0.3 is 5.97 Å². The van der Waals surface area contributed by atoms with Crippen LogP contribution in [0, 0.1) is 0 Å². The highest BCUT2D eigenvalue weighted by Crippen LogP contribution is 2.30. The minimum atomic E-state index is -3.65. The van der Waals surface area contributed by atoms with Crippen molar-refractivity contribution in [2.75, 3.05) is 33.3 Å². The Hall–Kier alpha value is -3.26. The standard InChI is InChI=1S/C27H28N2O4S/c1-33-26(30)16-15-22-9-8-14-25(21-22)34(31,32)29-19-17-28(18-20-29)27(23-10-4-2-5-11-23)24-12-6-3-7-13-24/h2-16,21,27H,17-20H2,1H3. The van der Waals surface area contributed by atoms with E-state index in [4.69, 9.17) is 0 Å². The molecule has 1 saturated heterocycles. The molecule has 3 aromatic rings. The molecule has 1 aliphatic rings. The molecule has 1 heterocycles. The largest absolute Gasteiger partial charge is 0.466 e. The molecule has 6 nitrogen and oxygen atoms in total. The van der Waals surface area contributed by atoms with Crippen molar-refractivity contribution >= 4 is 22.1 Å². The summed E-state index contributed by atoms with van der Waals surface area (Å²) in [5.41, 5.74) is 3.00. The van der Waals surface area contributed by atoms with Gasteiger partial charge < -0.3 is 4.74 Å². The second-order valence-electron chi connectivity index (χ2n) is 8.09. The van der Waals surface area contributed by atoms with Gasteiger partial charge in [-0.3, -0.25) is 4.90 Å². The fourth-order valence-electron chi connectivity index (χ4n) is 4.25. The van der Waals surface area contributed by atoms with Crippen LogP contribution in [0.15, 0.2) is 95.9 Å². The molecule has 4 rings (SSSR count). The number of methoxy groups -OCH3 is 1. The molecule has 176 valence electrons. The summed E-state index contributed by atoms with van der Waals surface area (Å²) >= 11 is 0. The molecular weight excluding hydrogens is 448 g/mol. The maximum Gasteiger partial charge on any atom is 0.330 e. The van der Waals surface area contributed by atoms with Gasteiger partial charge in [0, 0.05) is 32.3 Å². The number of carbonyl (C=O) groups is 1. The second kappa shape index (κ2) is 10.8. The first kappa shape index (κ1) is 23.9. The number of nitrogens with zero attached hydrogens (tertiary/aromatic N) is 2. The van der Waals surface area contributed by atoms with Crippen LogP contribution in [0.4, 0.5) is 0 Å². The summed E-state index contributed by atoms with van der Waals surface area (Å²) < 4.78 is 32.8. The van der Waals surface area contributed by atoms with Crippen LogP contribution in [0.3, 0.4) is 0 Å². The molecule has 1 fully saturated rings. The number of benzene rings is 3. The lowest BCUT2D eigenvalue weighted by atomic mass is 9.96. The van der Waals surface area contributed by atoms with Crippen LogP contribution in [0.2, 0.25) is 0 Å². The van der Waals surface area contributed by atoms with E-state index in [2.05, 4.69) is 33.9 Å². The number of carbonyl (C=O) groups excluding carboxylic acids is 1. The second-order valence-corrected chi connectivity index (χ2v) is 10.0. The number of hydrogen-bond donors (Lipinski definition) is 0. The van der Waals surface area contributed by atoms with Crippen LogP contribution in [0.25, 0.3) is 6.08 Å². The maximum atomic E-state index is 13.3. The molecule has 34 heavy (non-hydrogen) atoms. The average Bonchev–Trinajstić information content (AvgIpc) is 2.89. The first-order valence-corrected chi connectivity index (χ1v) is 12.6. The van der Waals surface area contributed by atoms with E-state index in [1.807, 2.05) is 36.4 Å². The quantitative estimate of drug-likeness (QED) is 0.381. The zero-order chi connectivity index (χ0) is 24.0. The van der Waals surface area contributed by atoms with Crippen molar-refractivity contribution < 1.29 is 17.9 Å². The fraction of sp³-hybridized carbons (Fsp3) is 0.222. The van der Waals surface area contributed by atoms with E-state index in [0.717, 1.165) is 0 Å². The van der Waals surface area contributed by atoms with Gasteiger partial charge in [-0.25, -0.2) is 13.2 Å². The van der Waals surface area contributed by atoms with E-state index in [1.54, 1.807) is 34.6 Å². The third-order valence-electron chi connectivity index (χ3n) is 5.98. The van der Waals surface area contributed by atoms with E-state index in [1.165, 1.54) is 24.3 Å². The summed E-state index contributed by atoms with van der Waals surface area (Å²) in [5, 5.41) is 0. The predicted octanol–water partition coefficient (Wildman–Crippen LogP) is 3.97. The van der Waals surface area contributed by atoms with Crippen molar-refractivity contribution in [1.29, 1.82) is 0 Å². The molecule has 7 heteroatoms. The summed E-state index contributed by atoms with van der Waals surface area (Å²) in [6.07, 6.45) is 2.82. The number of rotatable bonds is 7. The summed E-state index contributed by atoms with van der Waals surface area (Å²) in [6, 6.07) is 27.3. The number of esters is 1. The fourth-order valence-corrected chi connectivity index (χ4v) is 5.72. The third-order valence-corrected chi connectivity index (χ3v) is 7.87. The Bertz CT molecular complexity index is 1200. The summed E-state index contributed by atoms with van der Waals surface area (Å²) in [4.78, 5) is 13.9. The van der Waals surface area contributed by atoms with Gasteiger partial charge in [-0.05, 0) is 34.9 Å². The first-order valence-electron chi connectivity index (χ1n) is 11.2. The molecular formula is C27H28N2O4S. The highest BCUT2D eigenvalue weighted by Gasteiger charge is 2.32. The van der Waals surface area contributed by atoms with Crippen molar-refractivity contribution in [3.8, 4) is 0 Å². The number of piperazine rings is 1. The molecule has 0 unspecified atom stereocenters. The topological polar surface area (TPSA) is 66.9 Å². The van der Waals surface area contributed by atoms with Crippen LogP contribution in [-0.2, 0) is 19.6 Å². The lowest BCUT2D eigenvalue weighted by Gasteiger charge is -2.39. The van der Waals surface area contributed by atoms with E-state index < -0.39 is 16.0 Å². The van der Waals surface area contributed by atoms with Crippen LogP contribution in [0.1, 0.15) is 22.7 Å². The van der Waals surface area contributed by atoms with Gasteiger partial charge in [0.15, 0.2) is 0 Å². The molecule has 0 amide bonds. The van der Waals surface area contributed by atoms with Crippen LogP contribution >= 0.6 is 0 Å². The van der Waals surface area contributed by atoms with Crippen molar-refractivity contribution in [3.63, 3.8) is 0 Å². The molecule has 0 saturated carbocycles. The molecule has 0 aliphatic carbocycles. The van der Waals surface area contributed by atoms with E-state index in [9.17, 15) is 13.2 Å². The Morgan fingerprint density at radius 3 is 2.00 bits per heavy atom. The minimum Gasteiger partial charge on any atom is -0.466 e. The number of hydrogen-bond acceptors (Lipinski definition) is 5. The summed E-state index contributed by atoms with van der Waals surface area (Å²) in [5.74, 6) is -0.490. The van der Waals surface area contributed by atoms with Crippen LogP contribution < -0.4 is 0 Å². The Morgan fingerprint density at radius 2 is 1.44 bits per heavy atom. The molecule has 0 spiro atoms. The Morgan fingerprint density at radius 1 is 0.853 bits per heavy atom. The Kier molecular flexibility index (Phi) is 7.57. The number of ether oxygens (including phenoxy) is 1. The predicted molar refractivity (Wildman–Crippen MR) is 133 cm³/mol. The van der Waals surface area contributed by atoms with Gasteiger partial charge in [-0.15, -0.1) is 0 Å². The third kappa shape index (κ3) is 5.44. The highest BCUT2D eigenvalue weighted by molar-refractivity contribution is 7.89. The first-order chi connectivity index (χ1) is 16.5. The Labute approximate surface area is 201 Å². The van der Waals surface area contributed by atoms with Gasteiger partial charge in [0.2, 0.25) is 10.0 Å². The molecule has 1 aliphatic heterocycles. The van der Waals surface area contributed by atoms with Gasteiger partial charge in [0.05, 0.1) is 18.0 Å². The van der Waals surface area contributed by atoms with Gasteiger partial charge in [0.25, 0.3) is 0 Å². The zero-order valence-electron chi connectivity index (χ0n) is 19.1. The van der Waals surface area contributed by atoms with E-state index in [-0.39, 0.29) is 10.9 Å². The summed E-state index contributed by atoms with van der Waals surface area (Å²) in [6.45, 7) is 2.05. The lowest BCUT2D eigenvalue weighted by molar-refractivity contribution is -0.134. The van der Waals surface area contributed by atoms with E-state index >= 15 is 0 Å². The van der Waals surface area contributed by atoms with Crippen molar-refractivity contribution in [3.05, 3.63) is 108 Å². The lowest BCUT2D eigenvalue weighted by Crippen LogP contribution is -2.49. The SMILES string of the molecule is COC(=O)C=Cc1cccc(S(=O)(=O)N2CCN(C(c3ccccc3)c3ccccc3)CC2)c1. The molecule has 0 N–H and O–H groups in total. The normalized spacial score (nSPS) is 15.6. The van der Waals surface area contributed by atoms with E-state index in [0.29, 0.717) is 31.7 Å². The van der Waals surface area contributed by atoms with Crippen LogP contribution in [0.5, 0.6) is 0 Å². The van der Waals surface area contributed by atoms with Crippen LogP contribution in [-0.4, -0.2) is 56.9 Å². The van der Waals surface area contributed by atoms with Gasteiger partial charge in [-0.1, -0.05) is 72.8 Å². The van der Waals surface area contributed by atoms with Gasteiger partial charge in [0.1, 0.15) is 0 Å². The average molecular weight is 477 g/mol. The molecule has 0 aromatic heterocycles. The zero-order valence-corrected chi connectivity index (χ0v) is 19.9. The Balaban J connectivity index is 1.51. The molecule has 3 aromatic carbocycles. The van der Waals surface area contributed by atoms with Crippen molar-refractivity contribution in [2.24, 2.45) is 0 Å².